The third-order valence-corrected chi connectivity index (χ3v) is 4.00. The SMILES string of the molecule is Nc1noc(-c2cccc(I)c2)c1-c1c(F)cccc1Cl. The van der Waals surface area contributed by atoms with Crippen LogP contribution in [-0.4, -0.2) is 5.16 Å². The third kappa shape index (κ3) is 2.63. The molecular weight excluding hydrogens is 406 g/mol. The Morgan fingerprint density at radius 1 is 1.14 bits per heavy atom. The fraction of sp³-hybridized carbons (Fsp3) is 0. The Kier molecular flexibility index (Phi) is 3.86. The highest BCUT2D eigenvalue weighted by molar-refractivity contribution is 14.1. The van der Waals surface area contributed by atoms with Crippen LogP contribution in [0.3, 0.4) is 0 Å². The Morgan fingerprint density at radius 3 is 2.62 bits per heavy atom. The first-order valence-electron chi connectivity index (χ1n) is 6.03. The van der Waals surface area contributed by atoms with Gasteiger partial charge in [0.1, 0.15) is 5.82 Å². The van der Waals surface area contributed by atoms with Gasteiger partial charge in [0, 0.05) is 14.7 Å². The highest BCUT2D eigenvalue weighted by atomic mass is 127. The van der Waals surface area contributed by atoms with Crippen molar-refractivity contribution in [1.82, 2.24) is 5.16 Å². The van der Waals surface area contributed by atoms with Gasteiger partial charge in [-0.25, -0.2) is 4.39 Å². The van der Waals surface area contributed by atoms with Crippen LogP contribution >= 0.6 is 34.2 Å². The molecule has 0 saturated carbocycles. The van der Waals surface area contributed by atoms with E-state index in [1.54, 1.807) is 6.07 Å². The van der Waals surface area contributed by atoms with Crippen LogP contribution in [0.5, 0.6) is 0 Å². The van der Waals surface area contributed by atoms with E-state index >= 15 is 0 Å². The Morgan fingerprint density at radius 2 is 1.90 bits per heavy atom. The maximum absolute atomic E-state index is 14.2. The molecule has 2 N–H and O–H groups in total. The standard InChI is InChI=1S/C15H9ClFIN2O/c16-10-5-2-6-11(17)12(10)13-14(21-20-15(13)19)8-3-1-4-9(18)7-8/h1-7H,(H2,19,20). The molecule has 0 saturated heterocycles. The summed E-state index contributed by atoms with van der Waals surface area (Å²) in [5.41, 5.74) is 7.19. The molecule has 0 aliphatic rings. The van der Waals surface area contributed by atoms with Gasteiger partial charge in [-0.15, -0.1) is 0 Å². The zero-order valence-electron chi connectivity index (χ0n) is 10.6. The number of aromatic nitrogens is 1. The molecule has 0 bridgehead atoms. The summed E-state index contributed by atoms with van der Waals surface area (Å²) in [6, 6.07) is 12.0. The second-order valence-corrected chi connectivity index (χ2v) is 6.03. The van der Waals surface area contributed by atoms with Crippen LogP contribution in [-0.2, 0) is 0 Å². The summed E-state index contributed by atoms with van der Waals surface area (Å²) in [6.07, 6.45) is 0. The molecule has 0 aliphatic heterocycles. The van der Waals surface area contributed by atoms with Crippen LogP contribution in [0.4, 0.5) is 10.2 Å². The maximum Gasteiger partial charge on any atom is 0.177 e. The van der Waals surface area contributed by atoms with Crippen molar-refractivity contribution in [2.75, 3.05) is 5.73 Å². The fourth-order valence-corrected chi connectivity index (χ4v) is 2.91. The van der Waals surface area contributed by atoms with Crippen LogP contribution in [0.15, 0.2) is 47.0 Å². The van der Waals surface area contributed by atoms with Crippen molar-refractivity contribution < 1.29 is 8.91 Å². The first kappa shape index (κ1) is 14.3. The van der Waals surface area contributed by atoms with Gasteiger partial charge in [-0.2, -0.15) is 0 Å². The van der Waals surface area contributed by atoms with Gasteiger partial charge in [0.05, 0.1) is 10.6 Å². The van der Waals surface area contributed by atoms with Gasteiger partial charge in [0.2, 0.25) is 0 Å². The summed E-state index contributed by atoms with van der Waals surface area (Å²) < 4.78 is 20.5. The monoisotopic (exact) mass is 414 g/mol. The van der Waals surface area contributed by atoms with Crippen LogP contribution in [0.25, 0.3) is 22.5 Å². The van der Waals surface area contributed by atoms with Crippen molar-refractivity contribution >= 4 is 40.0 Å². The molecule has 2 aromatic carbocycles. The molecule has 3 aromatic rings. The predicted molar refractivity (Wildman–Crippen MR) is 89.5 cm³/mol. The predicted octanol–water partition coefficient (Wildman–Crippen LogP) is 4.99. The van der Waals surface area contributed by atoms with Gasteiger partial charge in [0.15, 0.2) is 11.6 Å². The smallest absolute Gasteiger partial charge is 0.177 e. The highest BCUT2D eigenvalue weighted by Gasteiger charge is 2.22. The van der Waals surface area contributed by atoms with E-state index < -0.39 is 5.82 Å². The van der Waals surface area contributed by atoms with Gasteiger partial charge < -0.3 is 10.3 Å². The zero-order valence-corrected chi connectivity index (χ0v) is 13.5. The molecular formula is C15H9ClFIN2O. The lowest BCUT2D eigenvalue weighted by atomic mass is 10.0. The number of rotatable bonds is 2. The summed E-state index contributed by atoms with van der Waals surface area (Å²) in [5.74, 6) is 0.0400. The van der Waals surface area contributed by atoms with Gasteiger partial charge in [0.25, 0.3) is 0 Å². The Labute approximate surface area is 139 Å². The Hall–Kier alpha value is -1.60. The molecule has 0 radical (unpaired) electrons. The summed E-state index contributed by atoms with van der Waals surface area (Å²) in [7, 11) is 0. The number of hydrogen-bond acceptors (Lipinski definition) is 3. The normalized spacial score (nSPS) is 10.8. The summed E-state index contributed by atoms with van der Waals surface area (Å²) in [4.78, 5) is 0. The molecule has 3 rings (SSSR count). The van der Waals surface area contributed by atoms with E-state index in [2.05, 4.69) is 27.7 Å². The number of nitrogens with zero attached hydrogens (tertiary/aromatic N) is 1. The number of nitrogen functional groups attached to an aromatic ring is 1. The molecule has 0 fully saturated rings. The zero-order chi connectivity index (χ0) is 15.0. The number of anilines is 1. The second-order valence-electron chi connectivity index (χ2n) is 4.38. The molecule has 0 aliphatic carbocycles. The summed E-state index contributed by atoms with van der Waals surface area (Å²) in [5, 5.41) is 4.02. The van der Waals surface area contributed by atoms with Gasteiger partial charge >= 0.3 is 0 Å². The number of benzene rings is 2. The Bertz CT molecular complexity index is 799. The minimum absolute atomic E-state index is 0.107. The average molecular weight is 415 g/mol. The second kappa shape index (κ2) is 5.65. The lowest BCUT2D eigenvalue weighted by Gasteiger charge is -2.06. The van der Waals surface area contributed by atoms with Crippen molar-refractivity contribution in [3.63, 3.8) is 0 Å². The minimum Gasteiger partial charge on any atom is -0.380 e. The van der Waals surface area contributed by atoms with E-state index in [-0.39, 0.29) is 16.4 Å². The van der Waals surface area contributed by atoms with Crippen molar-refractivity contribution in [2.45, 2.75) is 0 Å². The lowest BCUT2D eigenvalue weighted by molar-refractivity contribution is 0.436. The molecule has 21 heavy (non-hydrogen) atoms. The van der Waals surface area contributed by atoms with E-state index in [9.17, 15) is 4.39 Å². The largest absolute Gasteiger partial charge is 0.380 e. The fourth-order valence-electron chi connectivity index (χ4n) is 2.11. The van der Waals surface area contributed by atoms with E-state index in [0.717, 1.165) is 9.13 Å². The van der Waals surface area contributed by atoms with Crippen molar-refractivity contribution in [3.05, 3.63) is 56.9 Å². The summed E-state index contributed by atoms with van der Waals surface area (Å²) in [6.45, 7) is 0. The van der Waals surface area contributed by atoms with E-state index in [1.165, 1.54) is 12.1 Å². The van der Waals surface area contributed by atoms with E-state index in [1.807, 2.05) is 24.3 Å². The van der Waals surface area contributed by atoms with Crippen LogP contribution in [0.2, 0.25) is 5.02 Å². The first-order chi connectivity index (χ1) is 10.1. The first-order valence-corrected chi connectivity index (χ1v) is 7.49. The van der Waals surface area contributed by atoms with E-state index in [4.69, 9.17) is 21.9 Å². The van der Waals surface area contributed by atoms with Crippen molar-refractivity contribution in [1.29, 1.82) is 0 Å². The molecule has 6 heteroatoms. The molecule has 1 heterocycles. The quantitative estimate of drug-likeness (QED) is 0.601. The number of nitrogens with two attached hydrogens (primary N) is 1. The van der Waals surface area contributed by atoms with Gasteiger partial charge in [-0.1, -0.05) is 35.0 Å². The number of halogens is 3. The molecule has 1 aromatic heterocycles. The third-order valence-electron chi connectivity index (χ3n) is 3.02. The minimum atomic E-state index is -0.468. The molecule has 3 nitrogen and oxygen atoms in total. The molecule has 106 valence electrons. The van der Waals surface area contributed by atoms with Crippen LogP contribution in [0.1, 0.15) is 0 Å². The average Bonchev–Trinajstić information content (AvgIpc) is 2.81. The van der Waals surface area contributed by atoms with Gasteiger partial charge in [-0.3, -0.25) is 0 Å². The van der Waals surface area contributed by atoms with Crippen LogP contribution in [0, 0.1) is 9.39 Å². The summed E-state index contributed by atoms with van der Waals surface area (Å²) >= 11 is 8.30. The topological polar surface area (TPSA) is 52.0 Å². The maximum atomic E-state index is 14.2. The van der Waals surface area contributed by atoms with E-state index in [0.29, 0.717) is 11.3 Å². The lowest BCUT2D eigenvalue weighted by Crippen LogP contribution is -1.92. The Balaban J connectivity index is 2.28. The van der Waals surface area contributed by atoms with Crippen LogP contribution < -0.4 is 5.73 Å². The molecule has 0 unspecified atom stereocenters. The molecule has 0 spiro atoms. The van der Waals surface area contributed by atoms with Crippen molar-refractivity contribution in [3.8, 4) is 22.5 Å². The number of hydrogen-bond donors (Lipinski definition) is 1. The molecule has 0 amide bonds. The highest BCUT2D eigenvalue weighted by Crippen LogP contribution is 2.41. The molecule has 0 atom stereocenters. The van der Waals surface area contributed by atoms with Crippen molar-refractivity contribution in [2.24, 2.45) is 0 Å². The van der Waals surface area contributed by atoms with Gasteiger partial charge in [-0.05, 0) is 46.9 Å².